The molecule has 5 rings (SSSR count). The number of thioether (sulfide) groups is 1. The summed E-state index contributed by atoms with van der Waals surface area (Å²) in [5, 5.41) is 1.20. The quantitative estimate of drug-likeness (QED) is 0.522. The van der Waals surface area contributed by atoms with Crippen LogP contribution in [0.15, 0.2) is 11.1 Å². The molecule has 4 heteroatoms. The first-order valence-electron chi connectivity index (χ1n) is 10.3. The maximum Gasteiger partial charge on any atom is 0.126 e. The second-order valence-corrected chi connectivity index (χ2v) is 9.83. The summed E-state index contributed by atoms with van der Waals surface area (Å²) in [5.74, 6) is 5.01. The number of hydrogen-bond acceptors (Lipinski definition) is 4. The fourth-order valence-electron chi connectivity index (χ4n) is 6.13. The van der Waals surface area contributed by atoms with Crippen molar-refractivity contribution < 1.29 is 0 Å². The first-order chi connectivity index (χ1) is 12.1. The second-order valence-electron chi connectivity index (χ2n) is 8.71. The average molecular weight is 360 g/mol. The molecule has 1 aromatic rings. The number of aryl methyl sites for hydroxylation is 1. The van der Waals surface area contributed by atoms with Gasteiger partial charge in [-0.25, -0.2) is 9.97 Å². The van der Waals surface area contributed by atoms with Gasteiger partial charge in [0.1, 0.15) is 10.9 Å². The highest BCUT2D eigenvalue weighted by Crippen LogP contribution is 2.60. The molecule has 0 radical (unpaired) electrons. The molecule has 0 aromatic carbocycles. The van der Waals surface area contributed by atoms with E-state index in [9.17, 15) is 0 Å². The lowest BCUT2D eigenvalue weighted by Crippen LogP contribution is -2.49. The Morgan fingerprint density at radius 2 is 1.64 bits per heavy atom. The van der Waals surface area contributed by atoms with Gasteiger partial charge in [-0.05, 0) is 82.4 Å². The Balaban J connectivity index is 1.50. The molecule has 4 fully saturated rings. The highest BCUT2D eigenvalue weighted by atomic mass is 32.2. The van der Waals surface area contributed by atoms with Crippen LogP contribution in [0.2, 0.25) is 0 Å². The lowest BCUT2D eigenvalue weighted by Gasteiger charge is -2.56. The molecule has 1 heterocycles. The van der Waals surface area contributed by atoms with Crippen molar-refractivity contribution in [1.29, 1.82) is 0 Å². The lowest BCUT2D eigenvalue weighted by atomic mass is 9.49. The summed E-state index contributed by atoms with van der Waals surface area (Å²) in [7, 11) is 0. The van der Waals surface area contributed by atoms with E-state index in [1.807, 2.05) is 11.8 Å². The van der Waals surface area contributed by atoms with Crippen LogP contribution in [0.5, 0.6) is 0 Å². The summed E-state index contributed by atoms with van der Waals surface area (Å²) in [5.41, 5.74) is 1.76. The summed E-state index contributed by atoms with van der Waals surface area (Å²) in [4.78, 5) is 12.2. The van der Waals surface area contributed by atoms with Crippen LogP contribution >= 0.6 is 11.8 Å². The Kier molecular flexibility index (Phi) is 5.11. The van der Waals surface area contributed by atoms with Gasteiger partial charge < -0.3 is 4.90 Å². The number of rotatable bonds is 7. The Hall–Kier alpha value is -0.610. The maximum absolute atomic E-state index is 4.96. The van der Waals surface area contributed by atoms with Crippen molar-refractivity contribution in [2.24, 2.45) is 17.8 Å². The third-order valence-electron chi connectivity index (χ3n) is 6.95. The minimum atomic E-state index is 0.386. The van der Waals surface area contributed by atoms with Gasteiger partial charge in [0.05, 0.1) is 5.69 Å². The fraction of sp³-hybridized carbons (Fsp3) is 0.810. The molecule has 0 spiro atoms. The van der Waals surface area contributed by atoms with Crippen LogP contribution < -0.4 is 0 Å². The van der Waals surface area contributed by atoms with Gasteiger partial charge in [-0.2, -0.15) is 0 Å². The average Bonchev–Trinajstić information content (AvgIpc) is 2.57. The Morgan fingerprint density at radius 1 is 1.04 bits per heavy atom. The van der Waals surface area contributed by atoms with E-state index in [-0.39, 0.29) is 0 Å². The van der Waals surface area contributed by atoms with E-state index in [4.69, 9.17) is 9.97 Å². The first kappa shape index (κ1) is 17.8. The van der Waals surface area contributed by atoms with Gasteiger partial charge in [-0.1, -0.05) is 13.8 Å². The lowest BCUT2D eigenvalue weighted by molar-refractivity contribution is -0.00746. The molecular formula is C21H33N3S. The van der Waals surface area contributed by atoms with Gasteiger partial charge in [0.2, 0.25) is 0 Å². The molecule has 0 saturated heterocycles. The Labute approximate surface area is 157 Å². The molecular weight excluding hydrogens is 326 g/mol. The molecule has 0 amide bonds. The third kappa shape index (κ3) is 3.62. The SMILES string of the molecule is CCN(CC)CCSc1cc(C23CC4CC(CC(C4)C2)C3)nc(C)n1. The van der Waals surface area contributed by atoms with E-state index in [2.05, 4.69) is 31.7 Å². The molecule has 0 atom stereocenters. The summed E-state index contributed by atoms with van der Waals surface area (Å²) >= 11 is 1.92. The van der Waals surface area contributed by atoms with Crippen molar-refractivity contribution in [3.05, 3.63) is 17.6 Å². The predicted molar refractivity (Wildman–Crippen MR) is 105 cm³/mol. The minimum absolute atomic E-state index is 0.386. The van der Waals surface area contributed by atoms with Crippen LogP contribution in [0.1, 0.15) is 63.9 Å². The van der Waals surface area contributed by atoms with Crippen LogP contribution in [0.25, 0.3) is 0 Å². The van der Waals surface area contributed by atoms with Crippen LogP contribution in [-0.4, -0.2) is 40.3 Å². The highest BCUT2D eigenvalue weighted by molar-refractivity contribution is 7.99. The van der Waals surface area contributed by atoms with E-state index < -0.39 is 0 Å². The van der Waals surface area contributed by atoms with Gasteiger partial charge in [0.15, 0.2) is 0 Å². The van der Waals surface area contributed by atoms with Crippen molar-refractivity contribution in [3.63, 3.8) is 0 Å². The van der Waals surface area contributed by atoms with Crippen LogP contribution in [0.3, 0.4) is 0 Å². The molecule has 4 aliphatic rings. The zero-order valence-corrected chi connectivity index (χ0v) is 16.9. The predicted octanol–water partition coefficient (Wildman–Crippen LogP) is 4.69. The number of hydrogen-bond donors (Lipinski definition) is 0. The number of nitrogens with zero attached hydrogens (tertiary/aromatic N) is 3. The first-order valence-corrected chi connectivity index (χ1v) is 11.3. The summed E-state index contributed by atoms with van der Waals surface area (Å²) < 4.78 is 0. The summed E-state index contributed by atoms with van der Waals surface area (Å²) in [6.45, 7) is 9.99. The van der Waals surface area contributed by atoms with Gasteiger partial charge in [-0.3, -0.25) is 0 Å². The third-order valence-corrected chi connectivity index (χ3v) is 7.84. The molecule has 0 unspecified atom stereocenters. The zero-order valence-electron chi connectivity index (χ0n) is 16.1. The van der Waals surface area contributed by atoms with Gasteiger partial charge in [-0.15, -0.1) is 11.8 Å². The molecule has 138 valence electrons. The smallest absolute Gasteiger partial charge is 0.126 e. The topological polar surface area (TPSA) is 29.0 Å². The van der Waals surface area contributed by atoms with Crippen molar-refractivity contribution in [3.8, 4) is 0 Å². The van der Waals surface area contributed by atoms with Crippen LogP contribution in [0, 0.1) is 24.7 Å². The van der Waals surface area contributed by atoms with E-state index in [1.54, 1.807) is 0 Å². The molecule has 1 aromatic heterocycles. The van der Waals surface area contributed by atoms with Gasteiger partial charge in [0, 0.05) is 17.7 Å². The molecule has 4 bridgehead atoms. The van der Waals surface area contributed by atoms with Crippen molar-refractivity contribution in [1.82, 2.24) is 14.9 Å². The maximum atomic E-state index is 4.96. The fourth-order valence-corrected chi connectivity index (χ4v) is 7.08. The summed E-state index contributed by atoms with van der Waals surface area (Å²) in [6, 6.07) is 2.35. The molecule has 0 aliphatic heterocycles. The monoisotopic (exact) mass is 359 g/mol. The molecule has 4 aliphatic carbocycles. The van der Waals surface area contributed by atoms with Crippen LogP contribution in [-0.2, 0) is 5.41 Å². The second kappa shape index (κ2) is 7.19. The Morgan fingerprint density at radius 3 is 2.20 bits per heavy atom. The molecule has 0 N–H and O–H groups in total. The van der Waals surface area contributed by atoms with Crippen molar-refractivity contribution in [2.45, 2.75) is 69.7 Å². The van der Waals surface area contributed by atoms with Crippen molar-refractivity contribution in [2.75, 3.05) is 25.4 Å². The molecule has 3 nitrogen and oxygen atoms in total. The number of aromatic nitrogens is 2. The summed E-state index contributed by atoms with van der Waals surface area (Å²) in [6.07, 6.45) is 8.65. The van der Waals surface area contributed by atoms with Gasteiger partial charge in [0.25, 0.3) is 0 Å². The molecule has 4 saturated carbocycles. The highest BCUT2D eigenvalue weighted by Gasteiger charge is 2.52. The van der Waals surface area contributed by atoms with Gasteiger partial charge >= 0.3 is 0 Å². The van der Waals surface area contributed by atoms with E-state index in [0.29, 0.717) is 5.41 Å². The van der Waals surface area contributed by atoms with E-state index >= 15 is 0 Å². The van der Waals surface area contributed by atoms with Crippen molar-refractivity contribution >= 4 is 11.8 Å². The van der Waals surface area contributed by atoms with E-state index in [0.717, 1.165) is 49.0 Å². The van der Waals surface area contributed by atoms with E-state index in [1.165, 1.54) is 49.2 Å². The minimum Gasteiger partial charge on any atom is -0.303 e. The molecule has 25 heavy (non-hydrogen) atoms. The standard InChI is InChI=1S/C21H33N3S/c1-4-24(5-2)6-7-25-20-11-19(22-15(3)23-20)21-12-16-8-17(13-21)10-18(9-16)14-21/h11,16-18H,4-10,12-14H2,1-3H3. The normalized spacial score (nSPS) is 33.4. The zero-order chi connectivity index (χ0) is 17.4. The largest absolute Gasteiger partial charge is 0.303 e. The van der Waals surface area contributed by atoms with Crippen LogP contribution in [0.4, 0.5) is 0 Å². The Bertz CT molecular complexity index is 576.